The molecule has 1 fully saturated rings. The molecule has 2 aromatic carbocycles. The molecule has 0 heterocycles. The Morgan fingerprint density at radius 1 is 1.05 bits per heavy atom. The summed E-state index contributed by atoms with van der Waals surface area (Å²) < 4.78 is 0.985. The second kappa shape index (κ2) is 6.02. The molecule has 108 valence electrons. The summed E-state index contributed by atoms with van der Waals surface area (Å²) in [6.45, 7) is 0.714. The van der Waals surface area contributed by atoms with Gasteiger partial charge in [0, 0.05) is 22.0 Å². The van der Waals surface area contributed by atoms with E-state index in [-0.39, 0.29) is 11.3 Å². The van der Waals surface area contributed by atoms with E-state index in [0.29, 0.717) is 12.1 Å². The number of carbonyl (C=O) groups is 1. The molecule has 1 aliphatic rings. The van der Waals surface area contributed by atoms with Crippen LogP contribution in [0.3, 0.4) is 0 Å². The summed E-state index contributed by atoms with van der Waals surface area (Å²) in [4.78, 5) is 12.2. The van der Waals surface area contributed by atoms with E-state index in [1.165, 1.54) is 12.0 Å². The molecule has 0 aliphatic heterocycles. The minimum absolute atomic E-state index is 0.00436. The fourth-order valence-electron chi connectivity index (χ4n) is 2.92. The Balaban J connectivity index is 1.68. The van der Waals surface area contributed by atoms with Gasteiger partial charge in [0.1, 0.15) is 0 Å². The van der Waals surface area contributed by atoms with Crippen molar-refractivity contribution >= 4 is 21.8 Å². The standard InChI is InChI=1S/C18H18BrNO/c19-16-9-7-14(8-10-16)17(21)20-13-18(11-4-12-18)15-5-2-1-3-6-15/h1-3,5-10H,4,11-13H2,(H,20,21). The van der Waals surface area contributed by atoms with Crippen LogP contribution in [0, 0.1) is 0 Å². The largest absolute Gasteiger partial charge is 0.351 e. The summed E-state index contributed by atoms with van der Waals surface area (Å²) in [5.41, 5.74) is 2.18. The topological polar surface area (TPSA) is 29.1 Å². The molecule has 2 aromatic rings. The molecule has 1 N–H and O–H groups in total. The van der Waals surface area contributed by atoms with Gasteiger partial charge in [0.15, 0.2) is 0 Å². The third-order valence-corrected chi connectivity index (χ3v) is 4.92. The monoisotopic (exact) mass is 343 g/mol. The molecule has 0 unspecified atom stereocenters. The van der Waals surface area contributed by atoms with Crippen molar-refractivity contribution in [2.45, 2.75) is 24.7 Å². The van der Waals surface area contributed by atoms with Gasteiger partial charge in [-0.15, -0.1) is 0 Å². The Morgan fingerprint density at radius 3 is 2.29 bits per heavy atom. The molecule has 1 amide bonds. The van der Waals surface area contributed by atoms with Gasteiger partial charge in [-0.3, -0.25) is 4.79 Å². The lowest BCUT2D eigenvalue weighted by molar-refractivity contribution is 0.0928. The fraction of sp³-hybridized carbons (Fsp3) is 0.278. The average Bonchev–Trinajstić information content (AvgIpc) is 2.48. The van der Waals surface area contributed by atoms with Gasteiger partial charge in [-0.25, -0.2) is 0 Å². The van der Waals surface area contributed by atoms with E-state index >= 15 is 0 Å². The van der Waals surface area contributed by atoms with Crippen molar-refractivity contribution < 1.29 is 4.79 Å². The zero-order valence-electron chi connectivity index (χ0n) is 11.8. The van der Waals surface area contributed by atoms with Gasteiger partial charge in [0.05, 0.1) is 0 Å². The molecule has 3 rings (SSSR count). The van der Waals surface area contributed by atoms with Crippen molar-refractivity contribution in [3.8, 4) is 0 Å². The smallest absolute Gasteiger partial charge is 0.251 e. The van der Waals surface area contributed by atoms with Crippen LogP contribution in [0.4, 0.5) is 0 Å². The third kappa shape index (κ3) is 3.03. The molecule has 0 atom stereocenters. The van der Waals surface area contributed by atoms with Crippen molar-refractivity contribution in [1.29, 1.82) is 0 Å². The van der Waals surface area contributed by atoms with Crippen molar-refractivity contribution in [2.75, 3.05) is 6.54 Å². The van der Waals surface area contributed by atoms with Gasteiger partial charge in [0.25, 0.3) is 5.91 Å². The third-order valence-electron chi connectivity index (χ3n) is 4.39. The first-order chi connectivity index (χ1) is 10.2. The second-order valence-electron chi connectivity index (χ2n) is 5.69. The first kappa shape index (κ1) is 14.3. The molecule has 1 aliphatic carbocycles. The Morgan fingerprint density at radius 2 is 1.71 bits per heavy atom. The number of rotatable bonds is 4. The fourth-order valence-corrected chi connectivity index (χ4v) is 3.18. The molecule has 0 radical (unpaired) electrons. The van der Waals surface area contributed by atoms with E-state index in [2.05, 4.69) is 45.5 Å². The quantitative estimate of drug-likeness (QED) is 0.880. The average molecular weight is 344 g/mol. The van der Waals surface area contributed by atoms with Crippen LogP contribution in [-0.2, 0) is 5.41 Å². The maximum Gasteiger partial charge on any atom is 0.251 e. The number of nitrogens with one attached hydrogen (secondary N) is 1. The highest BCUT2D eigenvalue weighted by Gasteiger charge is 2.38. The minimum Gasteiger partial charge on any atom is -0.351 e. The summed E-state index contributed by atoms with van der Waals surface area (Å²) in [6.07, 6.45) is 3.54. The molecule has 3 heteroatoms. The van der Waals surface area contributed by atoms with E-state index in [4.69, 9.17) is 0 Å². The van der Waals surface area contributed by atoms with E-state index < -0.39 is 0 Å². The molecule has 0 bridgehead atoms. The number of benzene rings is 2. The normalized spacial score (nSPS) is 16.0. The van der Waals surface area contributed by atoms with Crippen molar-refractivity contribution in [1.82, 2.24) is 5.32 Å². The lowest BCUT2D eigenvalue weighted by Crippen LogP contribution is -2.45. The number of amides is 1. The Kier molecular flexibility index (Phi) is 4.11. The van der Waals surface area contributed by atoms with E-state index in [0.717, 1.165) is 17.3 Å². The zero-order chi connectivity index (χ0) is 14.7. The molecule has 2 nitrogen and oxygen atoms in total. The van der Waals surface area contributed by atoms with Crippen LogP contribution in [0.1, 0.15) is 35.2 Å². The summed E-state index contributed by atoms with van der Waals surface area (Å²) >= 11 is 3.38. The first-order valence-electron chi connectivity index (χ1n) is 7.29. The Bertz CT molecular complexity index is 617. The molecular formula is C18H18BrNO. The van der Waals surface area contributed by atoms with Gasteiger partial charge in [-0.2, -0.15) is 0 Å². The van der Waals surface area contributed by atoms with Crippen LogP contribution in [0.15, 0.2) is 59.1 Å². The van der Waals surface area contributed by atoms with Crippen LogP contribution in [-0.4, -0.2) is 12.5 Å². The van der Waals surface area contributed by atoms with Crippen LogP contribution >= 0.6 is 15.9 Å². The first-order valence-corrected chi connectivity index (χ1v) is 8.08. The van der Waals surface area contributed by atoms with E-state index in [1.807, 2.05) is 30.3 Å². The van der Waals surface area contributed by atoms with Crippen LogP contribution in [0.5, 0.6) is 0 Å². The lowest BCUT2D eigenvalue weighted by atomic mass is 9.64. The predicted molar refractivity (Wildman–Crippen MR) is 88.4 cm³/mol. The zero-order valence-corrected chi connectivity index (χ0v) is 13.4. The molecule has 0 saturated heterocycles. The summed E-state index contributed by atoms with van der Waals surface area (Å²) in [5, 5.41) is 3.11. The van der Waals surface area contributed by atoms with Crippen molar-refractivity contribution in [3.05, 3.63) is 70.2 Å². The molecule has 1 saturated carbocycles. The summed E-state index contributed by atoms with van der Waals surface area (Å²) in [5.74, 6) is 0.00436. The molecule has 21 heavy (non-hydrogen) atoms. The van der Waals surface area contributed by atoms with Crippen molar-refractivity contribution in [3.63, 3.8) is 0 Å². The number of halogens is 1. The predicted octanol–water partition coefficient (Wildman–Crippen LogP) is 4.30. The number of carbonyl (C=O) groups excluding carboxylic acids is 1. The van der Waals surface area contributed by atoms with Gasteiger partial charge in [0.2, 0.25) is 0 Å². The SMILES string of the molecule is O=C(NCC1(c2ccccc2)CCC1)c1ccc(Br)cc1. The van der Waals surface area contributed by atoms with Crippen LogP contribution in [0.2, 0.25) is 0 Å². The second-order valence-corrected chi connectivity index (χ2v) is 6.61. The highest BCUT2D eigenvalue weighted by atomic mass is 79.9. The van der Waals surface area contributed by atoms with Gasteiger partial charge < -0.3 is 5.32 Å². The minimum atomic E-state index is 0.00436. The Hall–Kier alpha value is -1.61. The molecule has 0 spiro atoms. The van der Waals surface area contributed by atoms with Gasteiger partial charge in [-0.1, -0.05) is 52.7 Å². The summed E-state index contributed by atoms with van der Waals surface area (Å²) in [7, 11) is 0. The number of hydrogen-bond donors (Lipinski definition) is 1. The Labute approximate surface area is 133 Å². The highest BCUT2D eigenvalue weighted by molar-refractivity contribution is 9.10. The lowest BCUT2D eigenvalue weighted by Gasteiger charge is -2.42. The number of hydrogen-bond acceptors (Lipinski definition) is 1. The molecular weight excluding hydrogens is 326 g/mol. The maximum absolute atomic E-state index is 12.2. The highest BCUT2D eigenvalue weighted by Crippen LogP contribution is 2.43. The maximum atomic E-state index is 12.2. The van der Waals surface area contributed by atoms with Gasteiger partial charge in [-0.05, 0) is 42.7 Å². The van der Waals surface area contributed by atoms with Crippen LogP contribution in [0.25, 0.3) is 0 Å². The van der Waals surface area contributed by atoms with Crippen molar-refractivity contribution in [2.24, 2.45) is 0 Å². The summed E-state index contributed by atoms with van der Waals surface area (Å²) in [6, 6.07) is 18.0. The van der Waals surface area contributed by atoms with Crippen LogP contribution < -0.4 is 5.32 Å². The van der Waals surface area contributed by atoms with E-state index in [9.17, 15) is 4.79 Å². The van der Waals surface area contributed by atoms with E-state index in [1.54, 1.807) is 0 Å². The van der Waals surface area contributed by atoms with Gasteiger partial charge >= 0.3 is 0 Å². The molecule has 0 aromatic heterocycles.